The molecule has 0 bridgehead atoms. The van der Waals surface area contributed by atoms with Crippen LogP contribution in [0.4, 0.5) is 5.69 Å². The molecule has 11 heteroatoms. The van der Waals surface area contributed by atoms with Crippen LogP contribution in [0.15, 0.2) is 48.5 Å². The molecule has 1 aliphatic rings. The molecule has 1 amide bonds. The minimum absolute atomic E-state index is 0.0166. The Morgan fingerprint density at radius 2 is 1.92 bits per heavy atom. The van der Waals surface area contributed by atoms with Crippen molar-refractivity contribution in [2.45, 2.75) is 19.4 Å². The number of nitrogens with zero attached hydrogens (tertiary/aromatic N) is 3. The molecule has 1 aliphatic heterocycles. The highest BCUT2D eigenvalue weighted by molar-refractivity contribution is 7.91. The molecule has 1 atom stereocenters. The van der Waals surface area contributed by atoms with Gasteiger partial charge in [-0.2, -0.15) is 5.10 Å². The second kappa shape index (κ2) is 9.38. The number of fused-ring (bicyclic) bond motifs is 1. The van der Waals surface area contributed by atoms with Crippen molar-refractivity contribution in [2.75, 3.05) is 23.9 Å². The molecule has 0 radical (unpaired) electrons. The summed E-state index contributed by atoms with van der Waals surface area (Å²) in [6.07, 6.45) is 0.437. The Hall–Kier alpha value is -3.14. The molecule has 0 saturated carbocycles. The van der Waals surface area contributed by atoms with Gasteiger partial charge in [0.25, 0.3) is 5.91 Å². The molecule has 8 nitrogen and oxygen atoms in total. The molecule has 0 aliphatic carbocycles. The molecule has 186 valence electrons. The van der Waals surface area contributed by atoms with E-state index in [1.165, 1.54) is 0 Å². The molecular formula is C25H22Cl2N4O4S. The second-order valence-electron chi connectivity index (χ2n) is 8.62. The molecule has 3 heterocycles. The van der Waals surface area contributed by atoms with E-state index < -0.39 is 15.7 Å². The molecule has 2 aromatic carbocycles. The van der Waals surface area contributed by atoms with Crippen molar-refractivity contribution in [1.82, 2.24) is 14.8 Å². The van der Waals surface area contributed by atoms with E-state index in [2.05, 4.69) is 10.4 Å². The van der Waals surface area contributed by atoms with Crippen LogP contribution in [0.1, 0.15) is 28.5 Å². The summed E-state index contributed by atoms with van der Waals surface area (Å²) in [6, 6.07) is 13.6. The maximum atomic E-state index is 13.6. The smallest absolute Gasteiger partial charge is 0.256 e. The number of aromatic nitrogens is 3. The lowest BCUT2D eigenvalue weighted by Gasteiger charge is -2.13. The van der Waals surface area contributed by atoms with Crippen LogP contribution < -0.4 is 10.1 Å². The van der Waals surface area contributed by atoms with Crippen molar-refractivity contribution in [2.24, 2.45) is 0 Å². The molecule has 36 heavy (non-hydrogen) atoms. The lowest BCUT2D eigenvalue weighted by Crippen LogP contribution is -2.15. The molecular weight excluding hydrogens is 523 g/mol. The van der Waals surface area contributed by atoms with Gasteiger partial charge in [0, 0.05) is 5.56 Å². The lowest BCUT2D eigenvalue weighted by molar-refractivity contribution is 0.102. The predicted octanol–water partition coefficient (Wildman–Crippen LogP) is 5.33. The number of aryl methyl sites for hydroxylation is 1. The highest BCUT2D eigenvalue weighted by Gasteiger charge is 2.32. The molecule has 1 N–H and O–H groups in total. The number of amides is 1. The van der Waals surface area contributed by atoms with Gasteiger partial charge in [-0.15, -0.1) is 0 Å². The van der Waals surface area contributed by atoms with Gasteiger partial charge in [-0.05, 0) is 55.8 Å². The average molecular weight is 545 g/mol. The third kappa shape index (κ3) is 4.54. The zero-order chi connectivity index (χ0) is 25.6. The van der Waals surface area contributed by atoms with Crippen LogP contribution in [0, 0.1) is 6.92 Å². The third-order valence-electron chi connectivity index (χ3n) is 6.22. The number of hydrogen-bond acceptors (Lipinski definition) is 6. The molecule has 1 fully saturated rings. The number of carbonyl (C=O) groups excluding carboxylic acids is 1. The Morgan fingerprint density at radius 1 is 1.17 bits per heavy atom. The number of methoxy groups -OCH3 is 1. The van der Waals surface area contributed by atoms with Crippen molar-refractivity contribution < 1.29 is 17.9 Å². The van der Waals surface area contributed by atoms with Crippen molar-refractivity contribution >= 4 is 55.7 Å². The van der Waals surface area contributed by atoms with Crippen LogP contribution >= 0.6 is 23.2 Å². The summed E-state index contributed by atoms with van der Waals surface area (Å²) >= 11 is 12.4. The number of benzene rings is 2. The van der Waals surface area contributed by atoms with Gasteiger partial charge < -0.3 is 10.1 Å². The molecule has 5 rings (SSSR count). The summed E-state index contributed by atoms with van der Waals surface area (Å²) in [5, 5.41) is 8.56. The van der Waals surface area contributed by atoms with Crippen molar-refractivity contribution in [3.05, 3.63) is 69.8 Å². The first-order valence-corrected chi connectivity index (χ1v) is 13.7. The van der Waals surface area contributed by atoms with E-state index in [0.29, 0.717) is 50.9 Å². The Labute approximate surface area is 218 Å². The number of anilines is 1. The fraction of sp³-hybridized carbons (Fsp3) is 0.240. The number of ether oxygens (including phenoxy) is 1. The van der Waals surface area contributed by atoms with E-state index in [1.807, 2.05) is 12.1 Å². The minimum Gasteiger partial charge on any atom is -0.497 e. The lowest BCUT2D eigenvalue weighted by atomic mass is 10.0. The van der Waals surface area contributed by atoms with Crippen LogP contribution in [0.5, 0.6) is 5.75 Å². The summed E-state index contributed by atoms with van der Waals surface area (Å²) in [7, 11) is -1.57. The number of nitrogens with one attached hydrogen (secondary N) is 1. The summed E-state index contributed by atoms with van der Waals surface area (Å²) < 4.78 is 31.3. The van der Waals surface area contributed by atoms with Gasteiger partial charge in [0.2, 0.25) is 0 Å². The average Bonchev–Trinajstić information content (AvgIpc) is 3.40. The number of sulfone groups is 1. The van der Waals surface area contributed by atoms with Crippen LogP contribution in [0.3, 0.4) is 0 Å². The summed E-state index contributed by atoms with van der Waals surface area (Å²) in [5.74, 6) is 0.349. The Bertz CT molecular complexity index is 1600. The van der Waals surface area contributed by atoms with Gasteiger partial charge in [-0.25, -0.2) is 18.1 Å². The first-order valence-electron chi connectivity index (χ1n) is 11.2. The molecule has 2 aromatic heterocycles. The zero-order valence-electron chi connectivity index (χ0n) is 19.5. The highest BCUT2D eigenvalue weighted by atomic mass is 35.5. The fourth-order valence-corrected chi connectivity index (χ4v) is 6.45. The third-order valence-corrected chi connectivity index (χ3v) is 8.79. The Kier molecular flexibility index (Phi) is 6.40. The van der Waals surface area contributed by atoms with Gasteiger partial charge in [-0.3, -0.25) is 4.79 Å². The standard InChI is InChI=1S/C25H22Cl2N4O4S/c1-14-22-18(25(32)29-20-5-3-4-19(26)23(20)27)12-21(15-6-8-17(35-2)9-7-15)28-24(22)31(30-14)16-10-11-36(33,34)13-16/h3-9,12,16H,10-11,13H2,1-2H3,(H,29,32). The normalized spacial score (nSPS) is 16.8. The number of halogens is 2. The van der Waals surface area contributed by atoms with E-state index in [-0.39, 0.29) is 22.6 Å². The molecule has 1 saturated heterocycles. The molecule has 4 aromatic rings. The summed E-state index contributed by atoms with van der Waals surface area (Å²) in [5.41, 5.74) is 3.03. The first-order chi connectivity index (χ1) is 17.2. The zero-order valence-corrected chi connectivity index (χ0v) is 21.8. The van der Waals surface area contributed by atoms with E-state index in [0.717, 1.165) is 5.56 Å². The fourth-order valence-electron chi connectivity index (χ4n) is 4.41. The molecule has 1 unspecified atom stereocenters. The van der Waals surface area contributed by atoms with E-state index in [9.17, 15) is 13.2 Å². The SMILES string of the molecule is COc1ccc(-c2cc(C(=O)Nc3cccc(Cl)c3Cl)c3c(C)nn(C4CCS(=O)(=O)C4)c3n2)cc1. The predicted molar refractivity (Wildman–Crippen MR) is 141 cm³/mol. The summed E-state index contributed by atoms with van der Waals surface area (Å²) in [4.78, 5) is 18.4. The number of carbonyl (C=O) groups is 1. The maximum Gasteiger partial charge on any atom is 0.256 e. The maximum absolute atomic E-state index is 13.6. The highest BCUT2D eigenvalue weighted by Crippen LogP contribution is 2.34. The van der Waals surface area contributed by atoms with E-state index >= 15 is 0 Å². The van der Waals surface area contributed by atoms with Crippen LogP contribution in [-0.4, -0.2) is 47.7 Å². The number of pyridine rings is 1. The van der Waals surface area contributed by atoms with Crippen molar-refractivity contribution in [3.63, 3.8) is 0 Å². The Balaban J connectivity index is 1.68. The minimum atomic E-state index is -3.16. The number of hydrogen-bond donors (Lipinski definition) is 1. The van der Waals surface area contributed by atoms with Gasteiger partial charge in [-0.1, -0.05) is 29.3 Å². The van der Waals surface area contributed by atoms with E-state index in [1.54, 1.807) is 55.1 Å². The van der Waals surface area contributed by atoms with Crippen LogP contribution in [0.2, 0.25) is 10.0 Å². The largest absolute Gasteiger partial charge is 0.497 e. The van der Waals surface area contributed by atoms with Crippen LogP contribution in [0.25, 0.3) is 22.3 Å². The van der Waals surface area contributed by atoms with Gasteiger partial charge in [0.1, 0.15) is 5.75 Å². The van der Waals surface area contributed by atoms with Gasteiger partial charge in [0.05, 0.1) is 62.7 Å². The van der Waals surface area contributed by atoms with Crippen LogP contribution in [-0.2, 0) is 9.84 Å². The molecule has 0 spiro atoms. The second-order valence-corrected chi connectivity index (χ2v) is 11.6. The number of rotatable bonds is 5. The van der Waals surface area contributed by atoms with E-state index in [4.69, 9.17) is 32.9 Å². The van der Waals surface area contributed by atoms with Gasteiger partial charge >= 0.3 is 0 Å². The quantitative estimate of drug-likeness (QED) is 0.364. The Morgan fingerprint density at radius 3 is 2.58 bits per heavy atom. The van der Waals surface area contributed by atoms with Crippen molar-refractivity contribution in [3.8, 4) is 17.0 Å². The van der Waals surface area contributed by atoms with Crippen molar-refractivity contribution in [1.29, 1.82) is 0 Å². The topological polar surface area (TPSA) is 103 Å². The summed E-state index contributed by atoms with van der Waals surface area (Å²) in [6.45, 7) is 1.78. The monoisotopic (exact) mass is 544 g/mol. The first kappa shape index (κ1) is 24.5. The van der Waals surface area contributed by atoms with Gasteiger partial charge in [0.15, 0.2) is 15.5 Å².